The molecule has 0 atom stereocenters. The van der Waals surface area contributed by atoms with Crippen molar-refractivity contribution >= 4 is 40.8 Å². The third-order valence-electron chi connectivity index (χ3n) is 2.82. The lowest BCUT2D eigenvalue weighted by molar-refractivity contribution is -0.384. The van der Waals surface area contributed by atoms with Crippen LogP contribution in [0.4, 0.5) is 5.69 Å². The maximum absolute atomic E-state index is 10.9. The van der Waals surface area contributed by atoms with Gasteiger partial charge in [0, 0.05) is 18.2 Å². The van der Waals surface area contributed by atoms with E-state index in [2.05, 4.69) is 22.4 Å². The molecule has 0 fully saturated rings. The van der Waals surface area contributed by atoms with Crippen LogP contribution in [0.5, 0.6) is 0 Å². The zero-order valence-corrected chi connectivity index (χ0v) is 13.9. The lowest BCUT2D eigenvalue weighted by atomic mass is 10.1. The third-order valence-corrected chi connectivity index (χ3v) is 3.37. The lowest BCUT2D eigenvalue weighted by Gasteiger charge is -2.02. The van der Waals surface area contributed by atoms with Gasteiger partial charge in [-0.1, -0.05) is 17.7 Å². The van der Waals surface area contributed by atoms with Crippen LogP contribution < -0.4 is 10.7 Å². The number of hydrazone groups is 1. The van der Waals surface area contributed by atoms with Gasteiger partial charge in [0.15, 0.2) is 5.11 Å². The fourth-order valence-corrected chi connectivity index (χ4v) is 2.06. The fourth-order valence-electron chi connectivity index (χ4n) is 1.74. The average Bonchev–Trinajstić information content (AvgIpc) is 3.02. The topological polar surface area (TPSA) is 92.7 Å². The molecule has 0 aliphatic rings. The molecule has 0 radical (unpaired) electrons. The van der Waals surface area contributed by atoms with E-state index in [0.29, 0.717) is 28.7 Å². The molecule has 0 saturated carbocycles. The Hall–Kier alpha value is -2.71. The monoisotopic (exact) mass is 364 g/mol. The first-order chi connectivity index (χ1) is 11.5. The molecule has 1 aromatic carbocycles. The normalized spacial score (nSPS) is 10.5. The minimum absolute atomic E-state index is 0.0711. The molecule has 0 amide bonds. The molecule has 2 N–H and O–H groups in total. The van der Waals surface area contributed by atoms with Gasteiger partial charge in [-0.05, 0) is 36.5 Å². The van der Waals surface area contributed by atoms with E-state index >= 15 is 0 Å². The van der Waals surface area contributed by atoms with Crippen LogP contribution in [-0.2, 0) is 0 Å². The van der Waals surface area contributed by atoms with Crippen LogP contribution in [0.1, 0.15) is 5.76 Å². The zero-order valence-electron chi connectivity index (χ0n) is 12.4. The summed E-state index contributed by atoms with van der Waals surface area (Å²) >= 11 is 10.8. The summed E-state index contributed by atoms with van der Waals surface area (Å²) in [7, 11) is 0. The van der Waals surface area contributed by atoms with Gasteiger partial charge < -0.3 is 9.73 Å². The number of hydrogen-bond donors (Lipinski definition) is 2. The van der Waals surface area contributed by atoms with Gasteiger partial charge in [0.2, 0.25) is 0 Å². The third kappa shape index (κ3) is 4.64. The number of furan rings is 1. The minimum atomic E-state index is -0.543. The molecular formula is C15H13ClN4O3S. The van der Waals surface area contributed by atoms with Crippen molar-refractivity contribution in [2.45, 2.75) is 0 Å². The molecule has 124 valence electrons. The fraction of sp³-hybridized carbons (Fsp3) is 0.0667. The van der Waals surface area contributed by atoms with Gasteiger partial charge in [0.05, 0.1) is 11.1 Å². The van der Waals surface area contributed by atoms with Gasteiger partial charge >= 0.3 is 0 Å². The molecule has 0 aliphatic heterocycles. The highest BCUT2D eigenvalue weighted by atomic mass is 35.5. The van der Waals surface area contributed by atoms with Crippen molar-refractivity contribution in [3.05, 3.63) is 63.9 Å². The minimum Gasteiger partial charge on any atom is -0.455 e. The van der Waals surface area contributed by atoms with Crippen LogP contribution >= 0.6 is 23.8 Å². The van der Waals surface area contributed by atoms with Crippen LogP contribution in [0.15, 0.2) is 52.5 Å². The molecule has 1 heterocycles. The van der Waals surface area contributed by atoms with E-state index in [9.17, 15) is 10.1 Å². The van der Waals surface area contributed by atoms with Gasteiger partial charge in [-0.15, -0.1) is 6.58 Å². The number of thiocarbonyl (C=S) groups is 1. The van der Waals surface area contributed by atoms with E-state index in [0.717, 1.165) is 0 Å². The van der Waals surface area contributed by atoms with E-state index in [-0.39, 0.29) is 10.7 Å². The molecule has 0 spiro atoms. The van der Waals surface area contributed by atoms with Gasteiger partial charge in [-0.3, -0.25) is 15.5 Å². The first-order valence-corrected chi connectivity index (χ1v) is 7.52. The quantitative estimate of drug-likeness (QED) is 0.268. The van der Waals surface area contributed by atoms with Crippen LogP contribution in [0.25, 0.3) is 11.3 Å². The van der Waals surface area contributed by atoms with Gasteiger partial charge in [-0.2, -0.15) is 5.10 Å². The number of nitro benzene ring substituents is 1. The van der Waals surface area contributed by atoms with Crippen LogP contribution in [-0.4, -0.2) is 22.8 Å². The van der Waals surface area contributed by atoms with E-state index in [1.54, 1.807) is 24.3 Å². The summed E-state index contributed by atoms with van der Waals surface area (Å²) in [6, 6.07) is 7.82. The van der Waals surface area contributed by atoms with Crippen LogP contribution in [0, 0.1) is 10.1 Å². The number of halogens is 1. The summed E-state index contributed by atoms with van der Waals surface area (Å²) in [6.07, 6.45) is 3.11. The lowest BCUT2D eigenvalue weighted by Crippen LogP contribution is -2.31. The Balaban J connectivity index is 2.08. The second-order valence-corrected chi connectivity index (χ2v) is 5.31. The predicted octanol–water partition coefficient (Wildman–Crippen LogP) is 3.49. The van der Waals surface area contributed by atoms with Crippen LogP contribution in [0.2, 0.25) is 5.02 Å². The molecule has 0 saturated heterocycles. The molecule has 2 rings (SSSR count). The number of nitro groups is 1. The molecule has 0 bridgehead atoms. The van der Waals surface area contributed by atoms with Crippen molar-refractivity contribution in [1.82, 2.24) is 10.7 Å². The Morgan fingerprint density at radius 3 is 2.96 bits per heavy atom. The standard InChI is InChI=1S/C15H13ClN4O3S/c1-2-7-17-15(24)19-18-9-11-4-6-14(23-11)10-3-5-12(16)13(8-10)20(21)22/h2-6,8-9H,1,7H2,(H2,17,19,24)/b18-9+. The Morgan fingerprint density at radius 1 is 1.46 bits per heavy atom. The Bertz CT molecular complexity index is 804. The largest absolute Gasteiger partial charge is 0.455 e. The smallest absolute Gasteiger partial charge is 0.288 e. The predicted molar refractivity (Wildman–Crippen MR) is 97.3 cm³/mol. The number of rotatable bonds is 6. The number of nitrogens with one attached hydrogen (secondary N) is 2. The first kappa shape index (κ1) is 17.6. The number of nitrogens with zero attached hydrogens (tertiary/aromatic N) is 2. The molecular weight excluding hydrogens is 352 g/mol. The van der Waals surface area contributed by atoms with E-state index in [1.807, 2.05) is 0 Å². The molecule has 2 aromatic rings. The van der Waals surface area contributed by atoms with Gasteiger partial charge in [0.1, 0.15) is 16.5 Å². The van der Waals surface area contributed by atoms with Crippen molar-refractivity contribution in [1.29, 1.82) is 0 Å². The van der Waals surface area contributed by atoms with Crippen molar-refractivity contribution in [2.24, 2.45) is 5.10 Å². The second kappa shape index (κ2) is 8.23. The van der Waals surface area contributed by atoms with E-state index in [1.165, 1.54) is 18.3 Å². The molecule has 9 heteroatoms. The summed E-state index contributed by atoms with van der Waals surface area (Å²) in [4.78, 5) is 10.4. The highest BCUT2D eigenvalue weighted by Gasteiger charge is 2.15. The van der Waals surface area contributed by atoms with Gasteiger partial charge in [0.25, 0.3) is 5.69 Å². The Kier molecular flexibility index (Phi) is 6.05. The summed E-state index contributed by atoms with van der Waals surface area (Å²) < 4.78 is 5.57. The number of hydrogen-bond acceptors (Lipinski definition) is 5. The van der Waals surface area contributed by atoms with Crippen molar-refractivity contribution in [2.75, 3.05) is 6.54 Å². The summed E-state index contributed by atoms with van der Waals surface area (Å²) in [5, 5.41) is 18.1. The molecule has 0 unspecified atom stereocenters. The Labute approximate surface area is 148 Å². The molecule has 1 aromatic heterocycles. The van der Waals surface area contributed by atoms with E-state index in [4.69, 9.17) is 28.2 Å². The zero-order chi connectivity index (χ0) is 17.5. The molecule has 7 nitrogen and oxygen atoms in total. The molecule has 24 heavy (non-hydrogen) atoms. The summed E-state index contributed by atoms with van der Waals surface area (Å²) in [5.41, 5.74) is 2.99. The average molecular weight is 365 g/mol. The van der Waals surface area contributed by atoms with Crippen molar-refractivity contribution in [3.63, 3.8) is 0 Å². The highest BCUT2D eigenvalue weighted by molar-refractivity contribution is 7.80. The van der Waals surface area contributed by atoms with Gasteiger partial charge in [-0.25, -0.2) is 0 Å². The van der Waals surface area contributed by atoms with Crippen LogP contribution in [0.3, 0.4) is 0 Å². The summed E-state index contributed by atoms with van der Waals surface area (Å²) in [5.74, 6) is 0.921. The maximum Gasteiger partial charge on any atom is 0.288 e. The van der Waals surface area contributed by atoms with Crippen molar-refractivity contribution in [3.8, 4) is 11.3 Å². The molecule has 0 aliphatic carbocycles. The second-order valence-electron chi connectivity index (χ2n) is 4.49. The van der Waals surface area contributed by atoms with Crippen molar-refractivity contribution < 1.29 is 9.34 Å². The summed E-state index contributed by atoms with van der Waals surface area (Å²) in [6.45, 7) is 4.09. The maximum atomic E-state index is 10.9. The first-order valence-electron chi connectivity index (χ1n) is 6.73. The SMILES string of the molecule is C=CCNC(=S)N/N=C/c1ccc(-c2ccc(Cl)c([N+](=O)[O-])c2)o1. The Morgan fingerprint density at radius 2 is 2.25 bits per heavy atom. The number of benzene rings is 1. The van der Waals surface area contributed by atoms with E-state index < -0.39 is 4.92 Å². The highest BCUT2D eigenvalue weighted by Crippen LogP contribution is 2.30.